The van der Waals surface area contributed by atoms with Crippen LogP contribution in [0.15, 0.2) is 24.3 Å². The fraction of sp³-hybridized carbons (Fsp3) is 0.471. The lowest BCUT2D eigenvalue weighted by atomic mass is 10.0. The Morgan fingerprint density at radius 1 is 1.43 bits per heavy atom. The molecule has 21 heavy (non-hydrogen) atoms. The van der Waals surface area contributed by atoms with Crippen LogP contribution in [0.4, 0.5) is 0 Å². The molecule has 4 nitrogen and oxygen atoms in total. The Kier molecular flexibility index (Phi) is 5.79. The summed E-state index contributed by atoms with van der Waals surface area (Å²) < 4.78 is 5.47. The minimum atomic E-state index is -0.0519. The summed E-state index contributed by atoms with van der Waals surface area (Å²) in [7, 11) is 0. The van der Waals surface area contributed by atoms with E-state index in [4.69, 9.17) is 9.84 Å². The molecule has 112 valence electrons. The van der Waals surface area contributed by atoms with Crippen LogP contribution in [0.1, 0.15) is 42.1 Å². The van der Waals surface area contributed by atoms with Gasteiger partial charge in [-0.2, -0.15) is 0 Å². The maximum absolute atomic E-state index is 12.2. The zero-order chi connectivity index (χ0) is 15.1. The van der Waals surface area contributed by atoms with Crippen LogP contribution in [-0.4, -0.2) is 36.4 Å². The van der Waals surface area contributed by atoms with E-state index in [0.29, 0.717) is 18.6 Å². The second kappa shape index (κ2) is 7.82. The summed E-state index contributed by atoms with van der Waals surface area (Å²) in [6.07, 6.45) is 2.38. The van der Waals surface area contributed by atoms with E-state index in [1.54, 1.807) is 12.1 Å². The molecule has 2 N–H and O–H groups in total. The van der Waals surface area contributed by atoms with Gasteiger partial charge in [0.25, 0.3) is 5.91 Å². The minimum absolute atomic E-state index is 0.0519. The number of aliphatic hydroxyl groups is 1. The molecule has 2 rings (SSSR count). The molecule has 1 aromatic rings. The monoisotopic (exact) mass is 287 g/mol. The van der Waals surface area contributed by atoms with Gasteiger partial charge in [0.15, 0.2) is 0 Å². The molecular weight excluding hydrogens is 266 g/mol. The molecule has 0 spiro atoms. The summed E-state index contributed by atoms with van der Waals surface area (Å²) in [6.45, 7) is 2.79. The molecular formula is C17H21NO3. The van der Waals surface area contributed by atoms with E-state index >= 15 is 0 Å². The van der Waals surface area contributed by atoms with Gasteiger partial charge in [0.05, 0.1) is 12.7 Å². The van der Waals surface area contributed by atoms with Gasteiger partial charge in [-0.25, -0.2) is 0 Å². The molecule has 1 aliphatic rings. The molecule has 0 aromatic heterocycles. The first-order chi connectivity index (χ1) is 10.2. The van der Waals surface area contributed by atoms with Crippen molar-refractivity contribution in [3.63, 3.8) is 0 Å². The Morgan fingerprint density at radius 3 is 2.86 bits per heavy atom. The van der Waals surface area contributed by atoms with Gasteiger partial charge in [0.2, 0.25) is 0 Å². The normalized spacial score (nSPS) is 21.2. The highest BCUT2D eigenvalue weighted by molar-refractivity contribution is 5.94. The zero-order valence-electron chi connectivity index (χ0n) is 12.3. The SMILES string of the molecule is CC1CC(NC(=O)c2ccc(C#CCCO)cc2)CCO1. The molecule has 0 aliphatic carbocycles. The molecule has 2 atom stereocenters. The van der Waals surface area contributed by atoms with E-state index in [1.807, 2.05) is 19.1 Å². The quantitative estimate of drug-likeness (QED) is 0.832. The van der Waals surface area contributed by atoms with Crippen LogP contribution in [0, 0.1) is 11.8 Å². The molecule has 1 saturated heterocycles. The van der Waals surface area contributed by atoms with Gasteiger partial charge in [0.1, 0.15) is 0 Å². The van der Waals surface area contributed by atoms with Crippen LogP contribution in [0.5, 0.6) is 0 Å². The van der Waals surface area contributed by atoms with Gasteiger partial charge in [0, 0.05) is 30.2 Å². The first-order valence-corrected chi connectivity index (χ1v) is 7.31. The van der Waals surface area contributed by atoms with Gasteiger partial charge < -0.3 is 15.2 Å². The predicted molar refractivity (Wildman–Crippen MR) is 80.9 cm³/mol. The summed E-state index contributed by atoms with van der Waals surface area (Å²) in [5.41, 5.74) is 1.49. The van der Waals surface area contributed by atoms with Gasteiger partial charge in [-0.05, 0) is 44.0 Å². The number of rotatable bonds is 3. The number of benzene rings is 1. The number of carbonyl (C=O) groups is 1. The van der Waals surface area contributed by atoms with Crippen molar-refractivity contribution in [3.05, 3.63) is 35.4 Å². The van der Waals surface area contributed by atoms with Gasteiger partial charge in [-0.1, -0.05) is 11.8 Å². The van der Waals surface area contributed by atoms with Crippen molar-refractivity contribution in [2.75, 3.05) is 13.2 Å². The predicted octanol–water partition coefficient (Wildman–Crippen LogP) is 1.72. The van der Waals surface area contributed by atoms with Crippen molar-refractivity contribution < 1.29 is 14.6 Å². The number of hydrogen-bond acceptors (Lipinski definition) is 3. The fourth-order valence-electron chi connectivity index (χ4n) is 2.32. The Balaban J connectivity index is 1.92. The van der Waals surface area contributed by atoms with E-state index in [2.05, 4.69) is 17.2 Å². The van der Waals surface area contributed by atoms with Crippen molar-refractivity contribution >= 4 is 5.91 Å². The molecule has 2 unspecified atom stereocenters. The third-order valence-electron chi connectivity index (χ3n) is 3.44. The lowest BCUT2D eigenvalue weighted by molar-refractivity contribution is 0.0136. The number of hydrogen-bond donors (Lipinski definition) is 2. The highest BCUT2D eigenvalue weighted by Gasteiger charge is 2.21. The standard InChI is InChI=1S/C17H21NO3/c1-13-12-16(9-11-21-13)18-17(20)15-7-5-14(6-8-15)4-2-3-10-19/h5-8,13,16,19H,3,9-12H2,1H3,(H,18,20). The van der Waals surface area contributed by atoms with Crippen LogP contribution in [0.3, 0.4) is 0 Å². The van der Waals surface area contributed by atoms with Crippen molar-refractivity contribution in [3.8, 4) is 11.8 Å². The maximum atomic E-state index is 12.2. The van der Waals surface area contributed by atoms with Gasteiger partial charge in [-0.3, -0.25) is 4.79 Å². The lowest BCUT2D eigenvalue weighted by Gasteiger charge is -2.27. The third kappa shape index (κ3) is 4.89. The van der Waals surface area contributed by atoms with E-state index in [9.17, 15) is 4.79 Å². The van der Waals surface area contributed by atoms with Crippen LogP contribution >= 0.6 is 0 Å². The van der Waals surface area contributed by atoms with Crippen molar-refractivity contribution in [2.24, 2.45) is 0 Å². The Labute approximate surface area is 125 Å². The van der Waals surface area contributed by atoms with Crippen LogP contribution < -0.4 is 5.32 Å². The van der Waals surface area contributed by atoms with Crippen molar-refractivity contribution in [1.82, 2.24) is 5.32 Å². The van der Waals surface area contributed by atoms with Crippen LogP contribution in [-0.2, 0) is 4.74 Å². The van der Waals surface area contributed by atoms with E-state index in [-0.39, 0.29) is 24.7 Å². The topological polar surface area (TPSA) is 58.6 Å². The van der Waals surface area contributed by atoms with E-state index < -0.39 is 0 Å². The highest BCUT2D eigenvalue weighted by atomic mass is 16.5. The van der Waals surface area contributed by atoms with E-state index in [1.165, 1.54) is 0 Å². The minimum Gasteiger partial charge on any atom is -0.395 e. The van der Waals surface area contributed by atoms with E-state index in [0.717, 1.165) is 18.4 Å². The maximum Gasteiger partial charge on any atom is 0.251 e. The zero-order valence-corrected chi connectivity index (χ0v) is 12.3. The molecule has 0 bridgehead atoms. The molecule has 1 heterocycles. The molecule has 1 fully saturated rings. The smallest absolute Gasteiger partial charge is 0.251 e. The number of ether oxygens (including phenoxy) is 1. The molecule has 1 amide bonds. The van der Waals surface area contributed by atoms with Crippen molar-refractivity contribution in [1.29, 1.82) is 0 Å². The van der Waals surface area contributed by atoms with Gasteiger partial charge >= 0.3 is 0 Å². The highest BCUT2D eigenvalue weighted by Crippen LogP contribution is 2.14. The van der Waals surface area contributed by atoms with Crippen molar-refractivity contribution in [2.45, 2.75) is 38.3 Å². The fourth-order valence-corrected chi connectivity index (χ4v) is 2.32. The Hall–Kier alpha value is -1.83. The van der Waals surface area contributed by atoms with Gasteiger partial charge in [-0.15, -0.1) is 0 Å². The number of carbonyl (C=O) groups excluding carboxylic acids is 1. The average Bonchev–Trinajstić information content (AvgIpc) is 2.48. The summed E-state index contributed by atoms with van der Waals surface area (Å²) >= 11 is 0. The average molecular weight is 287 g/mol. The number of aliphatic hydroxyl groups excluding tert-OH is 1. The summed E-state index contributed by atoms with van der Waals surface area (Å²) in [4.78, 5) is 12.2. The summed E-state index contributed by atoms with van der Waals surface area (Å²) in [5.74, 6) is 5.74. The Morgan fingerprint density at radius 2 is 2.19 bits per heavy atom. The first kappa shape index (κ1) is 15.6. The molecule has 1 aliphatic heterocycles. The first-order valence-electron chi connectivity index (χ1n) is 7.31. The molecule has 4 heteroatoms. The summed E-state index contributed by atoms with van der Waals surface area (Å²) in [6, 6.07) is 7.39. The Bertz CT molecular complexity index is 527. The third-order valence-corrected chi connectivity index (χ3v) is 3.44. The summed E-state index contributed by atoms with van der Waals surface area (Å²) in [5, 5.41) is 11.7. The lowest BCUT2D eigenvalue weighted by Crippen LogP contribution is -2.41. The number of nitrogens with one attached hydrogen (secondary N) is 1. The van der Waals surface area contributed by atoms with Crippen LogP contribution in [0.25, 0.3) is 0 Å². The molecule has 1 aromatic carbocycles. The molecule has 0 saturated carbocycles. The largest absolute Gasteiger partial charge is 0.395 e. The number of amides is 1. The molecule has 0 radical (unpaired) electrons. The second-order valence-corrected chi connectivity index (χ2v) is 5.23. The van der Waals surface area contributed by atoms with Crippen LogP contribution in [0.2, 0.25) is 0 Å². The second-order valence-electron chi connectivity index (χ2n) is 5.23.